The number of ketones is 1. The molecule has 2 heteroatoms. The third kappa shape index (κ3) is 2.27. The van der Waals surface area contributed by atoms with Crippen LogP contribution in [0, 0.1) is 34.5 Å². The van der Waals surface area contributed by atoms with E-state index in [1.165, 1.54) is 38.5 Å². The van der Waals surface area contributed by atoms with Gasteiger partial charge in [-0.1, -0.05) is 13.8 Å². The Hall–Kier alpha value is -0.370. The van der Waals surface area contributed by atoms with Gasteiger partial charge in [-0.25, -0.2) is 0 Å². The molecule has 24 heavy (non-hydrogen) atoms. The second-order valence-electron chi connectivity index (χ2n) is 10.2. The summed E-state index contributed by atoms with van der Waals surface area (Å²) < 4.78 is 0. The average Bonchev–Trinajstić information content (AvgIpc) is 2.55. The van der Waals surface area contributed by atoms with Gasteiger partial charge < -0.3 is 5.11 Å². The fourth-order valence-electron chi connectivity index (χ4n) is 7.91. The van der Waals surface area contributed by atoms with Crippen LogP contribution >= 0.6 is 0 Å². The monoisotopic (exact) mass is 332 g/mol. The van der Waals surface area contributed by atoms with Crippen molar-refractivity contribution in [2.45, 2.75) is 97.0 Å². The van der Waals surface area contributed by atoms with Crippen LogP contribution < -0.4 is 0 Å². The van der Waals surface area contributed by atoms with Crippen molar-refractivity contribution in [3.05, 3.63) is 0 Å². The normalized spacial score (nSPS) is 54.6. The molecule has 0 unspecified atom stereocenters. The second-order valence-corrected chi connectivity index (χ2v) is 10.2. The third-order valence-electron chi connectivity index (χ3n) is 9.26. The standard InChI is InChI=1S/C22H36O2/c1-4-22-13-12-20(2,24)14-15(22)8-9-16-17-6-5-7-19(23)21(17,3)11-10-18(16)22/h15-18,24H,4-14H2,1-3H3/t15-,16+,17+,18+,20-,21+,22+/m1/s1. The molecule has 0 saturated heterocycles. The molecule has 0 radical (unpaired) electrons. The Balaban J connectivity index is 1.66. The number of carbonyl (C=O) groups excluding carboxylic acids is 1. The van der Waals surface area contributed by atoms with E-state index in [1.54, 1.807) is 0 Å². The highest BCUT2D eigenvalue weighted by molar-refractivity contribution is 5.85. The van der Waals surface area contributed by atoms with E-state index in [4.69, 9.17) is 0 Å². The molecule has 4 fully saturated rings. The van der Waals surface area contributed by atoms with Crippen molar-refractivity contribution in [2.24, 2.45) is 34.5 Å². The van der Waals surface area contributed by atoms with Gasteiger partial charge in [-0.3, -0.25) is 4.79 Å². The maximum Gasteiger partial charge on any atom is 0.139 e. The molecule has 4 rings (SSSR count). The van der Waals surface area contributed by atoms with Gasteiger partial charge in [0.15, 0.2) is 0 Å². The van der Waals surface area contributed by atoms with Crippen molar-refractivity contribution in [2.75, 3.05) is 0 Å². The molecule has 7 atom stereocenters. The first-order valence-corrected chi connectivity index (χ1v) is 10.6. The Labute approximate surface area is 147 Å². The molecule has 1 N–H and O–H groups in total. The van der Waals surface area contributed by atoms with E-state index in [1.807, 2.05) is 0 Å². The smallest absolute Gasteiger partial charge is 0.139 e. The number of Topliss-reactive ketones (excluding diaryl/α,β-unsaturated/α-hetero) is 1. The summed E-state index contributed by atoms with van der Waals surface area (Å²) in [5.41, 5.74) is -0.00547. The lowest BCUT2D eigenvalue weighted by Crippen LogP contribution is -2.58. The molecule has 4 saturated carbocycles. The molecule has 2 nitrogen and oxygen atoms in total. The largest absolute Gasteiger partial charge is 0.390 e. The van der Waals surface area contributed by atoms with E-state index in [2.05, 4.69) is 20.8 Å². The van der Waals surface area contributed by atoms with Gasteiger partial charge in [0.1, 0.15) is 5.78 Å². The highest BCUT2D eigenvalue weighted by atomic mass is 16.3. The molecule has 4 aliphatic rings. The van der Waals surface area contributed by atoms with Crippen LogP contribution in [0.25, 0.3) is 0 Å². The van der Waals surface area contributed by atoms with Crippen LogP contribution in [0.3, 0.4) is 0 Å². The fourth-order valence-corrected chi connectivity index (χ4v) is 7.91. The predicted molar refractivity (Wildman–Crippen MR) is 96.6 cm³/mol. The summed E-state index contributed by atoms with van der Waals surface area (Å²) in [4.78, 5) is 12.7. The Bertz CT molecular complexity index is 524. The minimum absolute atomic E-state index is 0.0126. The zero-order chi connectivity index (χ0) is 17.2. The first kappa shape index (κ1) is 17.1. The summed E-state index contributed by atoms with van der Waals surface area (Å²) in [6, 6.07) is 0. The average molecular weight is 333 g/mol. The lowest BCUT2D eigenvalue weighted by atomic mass is 9.41. The number of rotatable bonds is 1. The van der Waals surface area contributed by atoms with E-state index < -0.39 is 5.60 Å². The van der Waals surface area contributed by atoms with Gasteiger partial charge in [0.25, 0.3) is 0 Å². The maximum atomic E-state index is 12.7. The first-order chi connectivity index (χ1) is 11.3. The van der Waals surface area contributed by atoms with Crippen LogP contribution in [0.2, 0.25) is 0 Å². The summed E-state index contributed by atoms with van der Waals surface area (Å²) >= 11 is 0. The molecule has 0 amide bonds. The van der Waals surface area contributed by atoms with Crippen molar-refractivity contribution < 1.29 is 9.90 Å². The summed E-state index contributed by atoms with van der Waals surface area (Å²) in [6.07, 6.45) is 12.7. The zero-order valence-corrected chi connectivity index (χ0v) is 15.9. The quantitative estimate of drug-likeness (QED) is 0.723. The van der Waals surface area contributed by atoms with E-state index in [0.717, 1.165) is 43.9 Å². The van der Waals surface area contributed by atoms with Gasteiger partial charge in [0.05, 0.1) is 5.60 Å². The summed E-state index contributed by atoms with van der Waals surface area (Å²) in [5.74, 6) is 3.49. The molecule has 0 aliphatic heterocycles. The molecule has 0 aromatic rings. The number of hydrogen-bond donors (Lipinski definition) is 1. The van der Waals surface area contributed by atoms with Crippen molar-refractivity contribution in [1.82, 2.24) is 0 Å². The fraction of sp³-hybridized carbons (Fsp3) is 0.955. The van der Waals surface area contributed by atoms with Gasteiger partial charge in [0, 0.05) is 11.8 Å². The molecule has 0 heterocycles. The van der Waals surface area contributed by atoms with Gasteiger partial charge in [-0.05, 0) is 100 Å². The maximum absolute atomic E-state index is 12.7. The number of hydrogen-bond acceptors (Lipinski definition) is 2. The molecule has 0 spiro atoms. The molecule has 136 valence electrons. The Kier molecular flexibility index (Phi) is 3.95. The minimum atomic E-state index is -0.444. The Morgan fingerprint density at radius 1 is 1.04 bits per heavy atom. The van der Waals surface area contributed by atoms with Crippen LogP contribution in [0.4, 0.5) is 0 Å². The van der Waals surface area contributed by atoms with Gasteiger partial charge in [-0.15, -0.1) is 0 Å². The van der Waals surface area contributed by atoms with E-state index >= 15 is 0 Å². The number of fused-ring (bicyclic) bond motifs is 5. The van der Waals surface area contributed by atoms with Crippen LogP contribution in [0.15, 0.2) is 0 Å². The predicted octanol–water partition coefficient (Wildman–Crippen LogP) is 5.13. The SMILES string of the molecule is CC[C@]12CC[C@@](C)(O)C[C@H]1CC[C@@H]1[C@@H]2CC[C@]2(C)C(=O)CCC[C@@H]12. The minimum Gasteiger partial charge on any atom is -0.390 e. The summed E-state index contributed by atoms with van der Waals surface area (Å²) in [6.45, 7) is 6.75. The molecule has 0 bridgehead atoms. The highest BCUT2D eigenvalue weighted by Gasteiger charge is 2.60. The molecule has 0 aromatic carbocycles. The van der Waals surface area contributed by atoms with Crippen molar-refractivity contribution in [3.63, 3.8) is 0 Å². The van der Waals surface area contributed by atoms with Gasteiger partial charge in [0.2, 0.25) is 0 Å². The summed E-state index contributed by atoms with van der Waals surface area (Å²) in [7, 11) is 0. The highest BCUT2D eigenvalue weighted by Crippen LogP contribution is 2.66. The number of aliphatic hydroxyl groups is 1. The molecule has 4 aliphatic carbocycles. The lowest BCUT2D eigenvalue weighted by Gasteiger charge is -2.63. The van der Waals surface area contributed by atoms with E-state index in [-0.39, 0.29) is 5.41 Å². The van der Waals surface area contributed by atoms with Crippen molar-refractivity contribution in [1.29, 1.82) is 0 Å². The summed E-state index contributed by atoms with van der Waals surface area (Å²) in [5, 5.41) is 10.6. The van der Waals surface area contributed by atoms with Crippen molar-refractivity contribution in [3.8, 4) is 0 Å². The van der Waals surface area contributed by atoms with Crippen LogP contribution in [0.1, 0.15) is 91.4 Å². The molecular formula is C22H36O2. The Morgan fingerprint density at radius 2 is 1.83 bits per heavy atom. The number of carbonyl (C=O) groups is 1. The molecule has 0 aromatic heterocycles. The van der Waals surface area contributed by atoms with Gasteiger partial charge in [-0.2, -0.15) is 0 Å². The van der Waals surface area contributed by atoms with Crippen LogP contribution in [-0.4, -0.2) is 16.5 Å². The van der Waals surface area contributed by atoms with Crippen LogP contribution in [0.5, 0.6) is 0 Å². The second kappa shape index (κ2) is 5.56. The topological polar surface area (TPSA) is 37.3 Å². The van der Waals surface area contributed by atoms with E-state index in [9.17, 15) is 9.90 Å². The van der Waals surface area contributed by atoms with Crippen molar-refractivity contribution >= 4 is 5.78 Å². The zero-order valence-electron chi connectivity index (χ0n) is 15.9. The Morgan fingerprint density at radius 3 is 2.58 bits per heavy atom. The van der Waals surface area contributed by atoms with Gasteiger partial charge >= 0.3 is 0 Å². The van der Waals surface area contributed by atoms with Crippen LogP contribution in [-0.2, 0) is 4.79 Å². The third-order valence-corrected chi connectivity index (χ3v) is 9.26. The first-order valence-electron chi connectivity index (χ1n) is 10.6. The van der Waals surface area contributed by atoms with E-state index in [0.29, 0.717) is 23.0 Å². The molecular weight excluding hydrogens is 296 g/mol. The lowest BCUT2D eigenvalue weighted by molar-refractivity contribution is -0.170.